The molecule has 0 radical (unpaired) electrons. The van der Waals surface area contributed by atoms with Crippen molar-refractivity contribution in [3.05, 3.63) is 47.3 Å². The number of nitrogens with zero attached hydrogens (tertiary/aromatic N) is 4. The lowest BCUT2D eigenvalue weighted by atomic mass is 10.1. The van der Waals surface area contributed by atoms with E-state index in [1.807, 2.05) is 31.0 Å². The van der Waals surface area contributed by atoms with Gasteiger partial charge in [0.25, 0.3) is 5.91 Å². The van der Waals surface area contributed by atoms with Crippen LogP contribution in [-0.4, -0.2) is 58.8 Å². The van der Waals surface area contributed by atoms with Crippen LogP contribution in [0.25, 0.3) is 0 Å². The molecule has 0 bridgehead atoms. The summed E-state index contributed by atoms with van der Waals surface area (Å²) in [7, 11) is 3.54. The second-order valence-corrected chi connectivity index (χ2v) is 6.19. The Balaban J connectivity index is 1.57. The van der Waals surface area contributed by atoms with E-state index in [-0.39, 0.29) is 5.91 Å². The Morgan fingerprint density at radius 1 is 1.25 bits per heavy atom. The van der Waals surface area contributed by atoms with Gasteiger partial charge in [-0.3, -0.25) is 14.4 Å². The number of benzene rings is 1. The van der Waals surface area contributed by atoms with Crippen molar-refractivity contribution in [2.75, 3.05) is 33.3 Å². The average molecular weight is 328 g/mol. The van der Waals surface area contributed by atoms with Gasteiger partial charge < -0.3 is 9.64 Å². The molecule has 128 valence electrons. The van der Waals surface area contributed by atoms with Gasteiger partial charge in [-0.1, -0.05) is 12.1 Å². The molecule has 1 fully saturated rings. The molecule has 6 heteroatoms. The second-order valence-electron chi connectivity index (χ2n) is 6.19. The fraction of sp³-hybridized carbons (Fsp3) is 0.444. The van der Waals surface area contributed by atoms with Crippen LogP contribution in [0.5, 0.6) is 5.75 Å². The Labute approximate surface area is 142 Å². The van der Waals surface area contributed by atoms with Crippen molar-refractivity contribution in [3.8, 4) is 5.75 Å². The van der Waals surface area contributed by atoms with Gasteiger partial charge in [0.15, 0.2) is 0 Å². The number of aryl methyl sites for hydroxylation is 1. The predicted molar refractivity (Wildman–Crippen MR) is 92.1 cm³/mol. The van der Waals surface area contributed by atoms with Gasteiger partial charge in [0, 0.05) is 45.5 Å². The number of methoxy groups -OCH3 is 1. The van der Waals surface area contributed by atoms with E-state index in [0.29, 0.717) is 5.56 Å². The van der Waals surface area contributed by atoms with E-state index in [1.54, 1.807) is 18.0 Å². The Bertz CT molecular complexity index is 718. The van der Waals surface area contributed by atoms with Crippen LogP contribution in [0.2, 0.25) is 0 Å². The van der Waals surface area contributed by atoms with Crippen molar-refractivity contribution < 1.29 is 9.53 Å². The molecule has 2 aromatic rings. The Morgan fingerprint density at radius 3 is 2.62 bits per heavy atom. The summed E-state index contributed by atoms with van der Waals surface area (Å²) in [6.07, 6.45) is 1.67. The molecule has 1 aromatic heterocycles. The van der Waals surface area contributed by atoms with E-state index < -0.39 is 0 Å². The maximum atomic E-state index is 12.6. The van der Waals surface area contributed by atoms with Gasteiger partial charge in [0.05, 0.1) is 18.9 Å². The van der Waals surface area contributed by atoms with Crippen molar-refractivity contribution >= 4 is 5.91 Å². The zero-order valence-electron chi connectivity index (χ0n) is 14.5. The van der Waals surface area contributed by atoms with Gasteiger partial charge in [-0.15, -0.1) is 0 Å². The highest BCUT2D eigenvalue weighted by Crippen LogP contribution is 2.16. The maximum Gasteiger partial charge on any atom is 0.257 e. The van der Waals surface area contributed by atoms with Crippen molar-refractivity contribution in [1.82, 2.24) is 19.6 Å². The van der Waals surface area contributed by atoms with Crippen molar-refractivity contribution in [3.63, 3.8) is 0 Å². The molecule has 0 unspecified atom stereocenters. The zero-order chi connectivity index (χ0) is 17.1. The lowest BCUT2D eigenvalue weighted by molar-refractivity contribution is 0.0627. The van der Waals surface area contributed by atoms with Crippen LogP contribution in [0.3, 0.4) is 0 Å². The summed E-state index contributed by atoms with van der Waals surface area (Å²) in [6, 6.07) is 8.14. The van der Waals surface area contributed by atoms with E-state index in [9.17, 15) is 4.79 Å². The van der Waals surface area contributed by atoms with Gasteiger partial charge in [0.2, 0.25) is 0 Å². The zero-order valence-corrected chi connectivity index (χ0v) is 14.5. The number of carbonyl (C=O) groups is 1. The summed E-state index contributed by atoms with van der Waals surface area (Å²) in [4.78, 5) is 16.9. The normalized spacial score (nSPS) is 15.5. The fourth-order valence-electron chi connectivity index (χ4n) is 3.02. The standard InChI is InChI=1S/C18H24N4O2/c1-14-17(12-19-20(14)2)18(23)22-9-7-21(8-10-22)13-15-5-4-6-16(11-15)24-3/h4-6,11-12H,7-10,13H2,1-3H3. The monoisotopic (exact) mass is 328 g/mol. The molecule has 6 nitrogen and oxygen atoms in total. The summed E-state index contributed by atoms with van der Waals surface area (Å²) < 4.78 is 7.02. The first-order chi connectivity index (χ1) is 11.6. The van der Waals surface area contributed by atoms with Crippen LogP contribution in [-0.2, 0) is 13.6 Å². The molecule has 0 spiro atoms. The molecule has 3 rings (SSSR count). The van der Waals surface area contributed by atoms with Gasteiger partial charge in [-0.2, -0.15) is 5.10 Å². The van der Waals surface area contributed by atoms with E-state index in [4.69, 9.17) is 4.74 Å². The van der Waals surface area contributed by atoms with Crippen molar-refractivity contribution in [2.45, 2.75) is 13.5 Å². The topological polar surface area (TPSA) is 50.6 Å². The number of hydrogen-bond donors (Lipinski definition) is 0. The first-order valence-electron chi connectivity index (χ1n) is 8.21. The molecule has 0 atom stereocenters. The first kappa shape index (κ1) is 16.5. The minimum Gasteiger partial charge on any atom is -0.497 e. The fourth-order valence-corrected chi connectivity index (χ4v) is 3.02. The number of amides is 1. The molecule has 0 N–H and O–H groups in total. The highest BCUT2D eigenvalue weighted by molar-refractivity contribution is 5.95. The number of aromatic nitrogens is 2. The minimum atomic E-state index is 0.0848. The van der Waals surface area contributed by atoms with Gasteiger partial charge in [-0.05, 0) is 24.6 Å². The smallest absolute Gasteiger partial charge is 0.257 e. The predicted octanol–water partition coefficient (Wildman–Crippen LogP) is 1.70. The van der Waals surface area contributed by atoms with Crippen LogP contribution in [0.15, 0.2) is 30.5 Å². The summed E-state index contributed by atoms with van der Waals surface area (Å²) in [5, 5.41) is 4.17. The SMILES string of the molecule is COc1cccc(CN2CCN(C(=O)c3cnn(C)c3C)CC2)c1. The molecule has 1 amide bonds. The van der Waals surface area contributed by atoms with Crippen LogP contribution >= 0.6 is 0 Å². The largest absolute Gasteiger partial charge is 0.497 e. The lowest BCUT2D eigenvalue weighted by Gasteiger charge is -2.34. The molecular formula is C18H24N4O2. The first-order valence-corrected chi connectivity index (χ1v) is 8.21. The van der Waals surface area contributed by atoms with Crippen LogP contribution < -0.4 is 4.74 Å². The Morgan fingerprint density at radius 2 is 2.00 bits per heavy atom. The molecular weight excluding hydrogens is 304 g/mol. The van der Waals surface area contributed by atoms with E-state index in [0.717, 1.165) is 44.2 Å². The van der Waals surface area contributed by atoms with Gasteiger partial charge in [0.1, 0.15) is 5.75 Å². The van der Waals surface area contributed by atoms with Gasteiger partial charge in [-0.25, -0.2) is 0 Å². The van der Waals surface area contributed by atoms with Crippen LogP contribution in [0.1, 0.15) is 21.6 Å². The number of piperazine rings is 1. The average Bonchev–Trinajstić information content (AvgIpc) is 2.94. The Kier molecular flexibility index (Phi) is 4.85. The summed E-state index contributed by atoms with van der Waals surface area (Å²) in [5.74, 6) is 0.968. The third-order valence-corrected chi connectivity index (χ3v) is 4.67. The lowest BCUT2D eigenvalue weighted by Crippen LogP contribution is -2.48. The van der Waals surface area contributed by atoms with Crippen LogP contribution in [0.4, 0.5) is 0 Å². The minimum absolute atomic E-state index is 0.0848. The molecule has 24 heavy (non-hydrogen) atoms. The van der Waals surface area contributed by atoms with Gasteiger partial charge >= 0.3 is 0 Å². The molecule has 1 aliphatic rings. The summed E-state index contributed by atoms with van der Waals surface area (Å²) in [5.41, 5.74) is 2.86. The Hall–Kier alpha value is -2.34. The quantitative estimate of drug-likeness (QED) is 0.857. The van der Waals surface area contributed by atoms with Crippen LogP contribution in [0, 0.1) is 6.92 Å². The second kappa shape index (κ2) is 7.05. The summed E-state index contributed by atoms with van der Waals surface area (Å²) >= 11 is 0. The molecule has 1 aliphatic heterocycles. The number of rotatable bonds is 4. The maximum absolute atomic E-state index is 12.6. The number of ether oxygens (including phenoxy) is 1. The third-order valence-electron chi connectivity index (χ3n) is 4.67. The van der Waals surface area contributed by atoms with E-state index in [2.05, 4.69) is 22.1 Å². The molecule has 2 heterocycles. The summed E-state index contributed by atoms with van der Waals surface area (Å²) in [6.45, 7) is 6.06. The number of carbonyl (C=O) groups excluding carboxylic acids is 1. The molecule has 1 aromatic carbocycles. The highest BCUT2D eigenvalue weighted by Gasteiger charge is 2.24. The van der Waals surface area contributed by atoms with Crippen molar-refractivity contribution in [2.24, 2.45) is 7.05 Å². The number of hydrogen-bond acceptors (Lipinski definition) is 4. The highest BCUT2D eigenvalue weighted by atomic mass is 16.5. The third kappa shape index (κ3) is 3.43. The molecule has 0 saturated carbocycles. The molecule has 1 saturated heterocycles. The van der Waals surface area contributed by atoms with E-state index >= 15 is 0 Å². The van der Waals surface area contributed by atoms with E-state index in [1.165, 1.54) is 5.56 Å². The van der Waals surface area contributed by atoms with Crippen molar-refractivity contribution in [1.29, 1.82) is 0 Å². The molecule has 0 aliphatic carbocycles.